The molecule has 402 valence electrons. The molecule has 0 saturated heterocycles. The van der Waals surface area contributed by atoms with Crippen molar-refractivity contribution in [3.05, 3.63) is 57.3 Å². The van der Waals surface area contributed by atoms with Crippen LogP contribution in [0.4, 0.5) is 0 Å². The minimum absolute atomic E-state index is 0.0277. The molecular formula is C54H105ClN6O6Si2. The molecule has 0 amide bonds. The van der Waals surface area contributed by atoms with Gasteiger partial charge in [0.25, 0.3) is 0 Å². The number of esters is 2. The van der Waals surface area contributed by atoms with Crippen LogP contribution in [-0.2, 0) is 23.5 Å². The third kappa shape index (κ3) is 50.2. The van der Waals surface area contributed by atoms with E-state index in [1.54, 1.807) is 0 Å². The van der Waals surface area contributed by atoms with Crippen molar-refractivity contribution in [3.63, 3.8) is 0 Å². The molecule has 0 aromatic heterocycles. The van der Waals surface area contributed by atoms with E-state index < -0.39 is 21.8 Å². The fourth-order valence-corrected chi connectivity index (χ4v) is 7.72. The Morgan fingerprint density at radius 2 is 0.855 bits per heavy atom. The summed E-state index contributed by atoms with van der Waals surface area (Å²) in [6.45, 7) is 22.8. The SMILES string of the molecule is CC(C)(C)[Si](C)(C)Cl.COC(=O)CCC/C=C\CCCCCCC/C=C\CCC[C@@H](CN=[N+]=[N-])O[Si](C)(C)C(C)(C)C.COC(=O)CCCCCCCCCCCC/C=C\CCC[C@H](O)CN=[N+]=[N-]. The second-order valence-electron chi connectivity index (χ2n) is 21.4. The minimum atomic E-state index is -1.85. The number of methoxy groups -OCH3 is 2. The lowest BCUT2D eigenvalue weighted by molar-refractivity contribution is -0.141. The zero-order valence-electron chi connectivity index (χ0n) is 46.4. The molecule has 0 aliphatic heterocycles. The molecule has 0 saturated carbocycles. The lowest BCUT2D eigenvalue weighted by Gasteiger charge is -2.39. The average molecular weight is 1030 g/mol. The molecule has 1 N–H and O–H groups in total. The summed E-state index contributed by atoms with van der Waals surface area (Å²) in [5.74, 6) is -0.211. The first-order valence-corrected chi connectivity index (χ1v) is 33.7. The maximum atomic E-state index is 11.0. The summed E-state index contributed by atoms with van der Waals surface area (Å²) in [5.41, 5.74) is 16.9. The van der Waals surface area contributed by atoms with E-state index in [-0.39, 0.29) is 29.6 Å². The average Bonchev–Trinajstić information content (AvgIpc) is 3.28. The molecule has 0 rings (SSSR count). The molecule has 0 aliphatic rings. The molecular weight excluding hydrogens is 920 g/mol. The monoisotopic (exact) mass is 1020 g/mol. The van der Waals surface area contributed by atoms with Gasteiger partial charge in [0.1, 0.15) is 0 Å². The Hall–Kier alpha value is -2.58. The first-order valence-electron chi connectivity index (χ1n) is 26.7. The van der Waals surface area contributed by atoms with E-state index >= 15 is 0 Å². The highest BCUT2D eigenvalue weighted by Crippen LogP contribution is 2.39. The number of hydrogen-bond donors (Lipinski definition) is 1. The van der Waals surface area contributed by atoms with E-state index in [4.69, 9.17) is 26.6 Å². The Morgan fingerprint density at radius 3 is 1.22 bits per heavy atom. The van der Waals surface area contributed by atoms with Crippen molar-refractivity contribution in [2.75, 3.05) is 27.3 Å². The number of unbranched alkanes of at least 4 members (excludes halogenated alkanes) is 19. The largest absolute Gasteiger partial charge is 0.469 e. The molecule has 12 nitrogen and oxygen atoms in total. The number of aliphatic hydroxyl groups excluding tert-OH is 1. The van der Waals surface area contributed by atoms with Crippen molar-refractivity contribution in [2.45, 2.75) is 270 Å². The number of azide groups is 2. The number of halogens is 1. The van der Waals surface area contributed by atoms with E-state index in [1.807, 2.05) is 0 Å². The Bertz CT molecular complexity index is 1420. The number of allylic oxidation sites excluding steroid dienone is 6. The van der Waals surface area contributed by atoms with Crippen molar-refractivity contribution in [3.8, 4) is 0 Å². The number of rotatable bonds is 39. The fourth-order valence-electron chi connectivity index (χ4n) is 6.34. The van der Waals surface area contributed by atoms with Crippen LogP contribution in [0.25, 0.3) is 20.9 Å². The summed E-state index contributed by atoms with van der Waals surface area (Å²) < 4.78 is 15.7. The molecule has 0 fully saturated rings. The van der Waals surface area contributed by atoms with E-state index in [0.29, 0.717) is 30.8 Å². The van der Waals surface area contributed by atoms with Gasteiger partial charge in [-0.1, -0.05) is 172 Å². The molecule has 2 atom stereocenters. The van der Waals surface area contributed by atoms with Crippen LogP contribution in [0.1, 0.15) is 221 Å². The van der Waals surface area contributed by atoms with Gasteiger partial charge in [0.2, 0.25) is 0 Å². The molecule has 0 spiro atoms. The van der Waals surface area contributed by atoms with E-state index in [0.717, 1.165) is 77.0 Å². The van der Waals surface area contributed by atoms with Crippen LogP contribution in [0.5, 0.6) is 0 Å². The standard InChI is InChI=1S/C27H51N3O3Si.C21H39N3O3.C6H15ClSi/c1-27(2,3)34(5,6)33-25(24-29-30-28)22-20-18-16-14-12-10-8-7-9-11-13-15-17-19-21-23-26(31)32-4;1-27-21(26)18-16-14-12-10-8-6-4-2-3-5-7-9-11-13-15-17-20(25)19-23-24-22;1-6(2,3)8(4,5)7/h14-17,25H,7-13,18-24H2,1-6H3;9,11,20,25H,2-8,10,12-19H2,1H3;1-5H3/b16-14-,17-15-;11-9-;/t25-;20-;/m00./s1. The molecule has 0 unspecified atom stereocenters. The van der Waals surface area contributed by atoms with Gasteiger partial charge in [-0.2, -0.15) is 11.1 Å². The van der Waals surface area contributed by atoms with Crippen LogP contribution in [0.2, 0.25) is 36.3 Å². The van der Waals surface area contributed by atoms with Crippen molar-refractivity contribution in [1.29, 1.82) is 0 Å². The minimum Gasteiger partial charge on any atom is -0.469 e. The molecule has 0 bridgehead atoms. The van der Waals surface area contributed by atoms with Gasteiger partial charge in [-0.3, -0.25) is 9.59 Å². The van der Waals surface area contributed by atoms with Gasteiger partial charge >= 0.3 is 11.9 Å². The second-order valence-corrected chi connectivity index (χ2v) is 33.5. The summed E-state index contributed by atoms with van der Waals surface area (Å²) in [4.78, 5) is 27.6. The molecule has 15 heteroatoms. The number of hydrogen-bond acceptors (Lipinski definition) is 8. The molecule has 0 aliphatic carbocycles. The second kappa shape index (κ2) is 46.5. The van der Waals surface area contributed by atoms with Crippen LogP contribution in [0.15, 0.2) is 46.7 Å². The van der Waals surface area contributed by atoms with E-state index in [1.165, 1.54) is 97.7 Å². The van der Waals surface area contributed by atoms with Gasteiger partial charge in [0.15, 0.2) is 15.7 Å². The Balaban J connectivity index is -0.00000111. The Kier molecular flexibility index (Phi) is 47.6. The van der Waals surface area contributed by atoms with Crippen LogP contribution < -0.4 is 0 Å². The summed E-state index contributed by atoms with van der Waals surface area (Å²) in [6.07, 6.45) is 43.8. The summed E-state index contributed by atoms with van der Waals surface area (Å²) in [5, 5.41) is 17.2. The van der Waals surface area contributed by atoms with Crippen molar-refractivity contribution in [2.24, 2.45) is 10.2 Å². The maximum absolute atomic E-state index is 11.0. The zero-order valence-corrected chi connectivity index (χ0v) is 49.1. The predicted octanol–water partition coefficient (Wildman–Crippen LogP) is 18.5. The number of carbonyl (C=O) groups is 2. The van der Waals surface area contributed by atoms with Crippen LogP contribution in [0, 0.1) is 0 Å². The molecule has 0 aromatic carbocycles. The lowest BCUT2D eigenvalue weighted by atomic mass is 10.0. The summed E-state index contributed by atoms with van der Waals surface area (Å²) in [6, 6.07) is 0. The number of ether oxygens (including phenoxy) is 2. The lowest BCUT2D eigenvalue weighted by Crippen LogP contribution is -2.44. The third-order valence-electron chi connectivity index (χ3n) is 13.0. The van der Waals surface area contributed by atoms with Crippen LogP contribution in [-0.4, -0.2) is 72.3 Å². The van der Waals surface area contributed by atoms with Crippen molar-refractivity contribution >= 4 is 38.7 Å². The fraction of sp³-hybridized carbons (Fsp3) is 0.852. The smallest absolute Gasteiger partial charge is 0.305 e. The van der Waals surface area contributed by atoms with E-state index in [2.05, 4.69) is 134 Å². The van der Waals surface area contributed by atoms with Gasteiger partial charge in [-0.15, -0.1) is 0 Å². The Morgan fingerprint density at radius 1 is 0.536 bits per heavy atom. The maximum Gasteiger partial charge on any atom is 0.305 e. The topological polar surface area (TPSA) is 180 Å². The van der Waals surface area contributed by atoms with Gasteiger partial charge < -0.3 is 19.0 Å². The van der Waals surface area contributed by atoms with Gasteiger partial charge in [-0.25, -0.2) is 0 Å². The number of carbonyl (C=O) groups excluding carboxylic acids is 2. The zero-order chi connectivity index (χ0) is 52.7. The normalized spacial score (nSPS) is 13.0. The molecule has 69 heavy (non-hydrogen) atoms. The number of nitrogens with zero attached hydrogens (tertiary/aromatic N) is 6. The van der Waals surface area contributed by atoms with Crippen LogP contribution >= 0.6 is 11.1 Å². The summed E-state index contributed by atoms with van der Waals surface area (Å²) >= 11 is 6.15. The van der Waals surface area contributed by atoms with E-state index in [9.17, 15) is 14.7 Å². The molecule has 0 heterocycles. The summed E-state index contributed by atoms with van der Waals surface area (Å²) in [7, 11) is -0.355. The number of aliphatic hydroxyl groups is 1. The van der Waals surface area contributed by atoms with Gasteiger partial charge in [-0.05, 0) is 131 Å². The molecule has 0 radical (unpaired) electrons. The van der Waals surface area contributed by atoms with Crippen molar-refractivity contribution in [1.82, 2.24) is 0 Å². The molecule has 0 aromatic rings. The first kappa shape index (κ1) is 70.7. The van der Waals surface area contributed by atoms with Gasteiger partial charge in [0, 0.05) is 22.7 Å². The van der Waals surface area contributed by atoms with Gasteiger partial charge in [0.05, 0.1) is 39.5 Å². The predicted molar refractivity (Wildman–Crippen MR) is 300 cm³/mol. The van der Waals surface area contributed by atoms with Crippen molar-refractivity contribution < 1.29 is 28.6 Å². The highest BCUT2D eigenvalue weighted by atomic mass is 35.6. The highest BCUT2D eigenvalue weighted by Gasteiger charge is 2.39. The third-order valence-corrected chi connectivity index (χ3v) is 22.8. The quantitative estimate of drug-likeness (QED) is 0.00935. The van der Waals surface area contributed by atoms with Crippen LogP contribution in [0.3, 0.4) is 0 Å². The highest BCUT2D eigenvalue weighted by molar-refractivity contribution is 7.20. The Labute approximate surface area is 430 Å². The first-order chi connectivity index (χ1) is 32.6.